The molecule has 2 aromatic carbocycles. The minimum absolute atomic E-state index is 0.0541. The SMILES string of the molecule is C[C@H]1[C@@H](C[C@H](OC(=O)N(c2ccccc2)c2ccccc2)C2O[C@@H]3OC4(C)CC[C@H]5[C@H](C)CC[C@@H]([C@H]2C)[C@@]35OO4)O[C@@H]2OC3(C)CC[C@H]4[C@H](C)CC[C@@H]1[C@@]24OO3. The molecule has 10 aliphatic rings. The predicted molar refractivity (Wildman–Crippen MR) is 204 cm³/mol. The van der Waals surface area contributed by atoms with E-state index in [1.807, 2.05) is 74.5 Å². The van der Waals surface area contributed by atoms with E-state index in [0.717, 1.165) is 51.4 Å². The van der Waals surface area contributed by atoms with Crippen molar-refractivity contribution in [2.24, 2.45) is 47.3 Å². The highest BCUT2D eigenvalue weighted by Gasteiger charge is 2.72. The molecule has 8 heterocycles. The molecule has 11 heteroatoms. The quantitative estimate of drug-likeness (QED) is 0.264. The molecule has 2 aliphatic carbocycles. The average molecular weight is 774 g/mol. The molecule has 8 aliphatic heterocycles. The summed E-state index contributed by atoms with van der Waals surface area (Å²) in [5, 5.41) is 0. The highest BCUT2D eigenvalue weighted by Crippen LogP contribution is 2.63. The van der Waals surface area contributed by atoms with Crippen molar-refractivity contribution < 1.29 is 48.0 Å². The van der Waals surface area contributed by atoms with Crippen LogP contribution in [0.4, 0.5) is 16.2 Å². The molecule has 304 valence electrons. The molecule has 12 rings (SSSR count). The zero-order chi connectivity index (χ0) is 38.6. The average Bonchev–Trinajstić information content (AvgIpc) is 3.57. The van der Waals surface area contributed by atoms with Gasteiger partial charge in [0.1, 0.15) is 12.2 Å². The van der Waals surface area contributed by atoms with Gasteiger partial charge in [-0.1, -0.05) is 64.1 Å². The van der Waals surface area contributed by atoms with Crippen LogP contribution < -0.4 is 4.90 Å². The molecule has 10 fully saturated rings. The number of hydrogen-bond donors (Lipinski definition) is 0. The Bertz CT molecular complexity index is 1730. The second-order valence-electron chi connectivity index (χ2n) is 19.0. The highest BCUT2D eigenvalue weighted by molar-refractivity contribution is 5.96. The lowest BCUT2D eigenvalue weighted by Crippen LogP contribution is -2.72. The van der Waals surface area contributed by atoms with Crippen molar-refractivity contribution >= 4 is 17.5 Å². The number of amides is 1. The molecule has 56 heavy (non-hydrogen) atoms. The lowest BCUT2D eigenvalue weighted by molar-refractivity contribution is -0.573. The van der Waals surface area contributed by atoms with Gasteiger partial charge in [-0.15, -0.1) is 0 Å². The van der Waals surface area contributed by atoms with E-state index in [4.69, 9.17) is 43.2 Å². The van der Waals surface area contributed by atoms with Crippen molar-refractivity contribution in [3.8, 4) is 0 Å². The van der Waals surface area contributed by atoms with Gasteiger partial charge >= 0.3 is 6.09 Å². The van der Waals surface area contributed by atoms with Gasteiger partial charge in [0.2, 0.25) is 11.6 Å². The van der Waals surface area contributed by atoms with Crippen LogP contribution in [-0.4, -0.2) is 59.8 Å². The lowest BCUT2D eigenvalue weighted by Gasteiger charge is -2.62. The number of fused-ring (bicyclic) bond motifs is 4. The smallest absolute Gasteiger partial charge is 0.419 e. The summed E-state index contributed by atoms with van der Waals surface area (Å²) in [5.74, 6) is -0.249. The van der Waals surface area contributed by atoms with E-state index in [-0.39, 0.29) is 41.6 Å². The molecule has 4 bridgehead atoms. The fourth-order valence-electron chi connectivity index (χ4n) is 12.8. The van der Waals surface area contributed by atoms with Crippen molar-refractivity contribution in [2.45, 2.75) is 153 Å². The van der Waals surface area contributed by atoms with E-state index in [0.29, 0.717) is 29.6 Å². The summed E-state index contributed by atoms with van der Waals surface area (Å²) in [6.45, 7) is 13.1. The van der Waals surface area contributed by atoms with Gasteiger partial charge < -0.3 is 23.7 Å². The summed E-state index contributed by atoms with van der Waals surface area (Å²) < 4.78 is 34.8. The molecule has 2 spiro atoms. The molecular weight excluding hydrogens is 714 g/mol. The second-order valence-corrected chi connectivity index (χ2v) is 19.0. The van der Waals surface area contributed by atoms with Crippen LogP contribution in [0.2, 0.25) is 0 Å². The second kappa shape index (κ2) is 13.7. The van der Waals surface area contributed by atoms with Crippen LogP contribution in [0.25, 0.3) is 0 Å². The number of anilines is 2. The van der Waals surface area contributed by atoms with Crippen molar-refractivity contribution in [3.63, 3.8) is 0 Å². The Labute approximate surface area is 330 Å². The molecule has 0 N–H and O–H groups in total. The monoisotopic (exact) mass is 773 g/mol. The van der Waals surface area contributed by atoms with Crippen LogP contribution in [0.3, 0.4) is 0 Å². The molecule has 0 aromatic heterocycles. The number of carbonyl (C=O) groups is 1. The maximum atomic E-state index is 14.9. The Hall–Kier alpha value is -2.61. The minimum Gasteiger partial charge on any atom is -0.443 e. The summed E-state index contributed by atoms with van der Waals surface area (Å²) in [6.07, 6.45) is 4.58. The van der Waals surface area contributed by atoms with E-state index < -0.39 is 53.7 Å². The van der Waals surface area contributed by atoms with Gasteiger partial charge in [-0.2, -0.15) is 0 Å². The van der Waals surface area contributed by atoms with Crippen LogP contribution in [-0.2, 0) is 43.2 Å². The van der Waals surface area contributed by atoms with Crippen molar-refractivity contribution in [1.82, 2.24) is 0 Å². The first kappa shape index (κ1) is 37.6. The fraction of sp³-hybridized carbons (Fsp3) is 0.711. The van der Waals surface area contributed by atoms with Gasteiger partial charge in [-0.05, 0) is 112 Å². The van der Waals surface area contributed by atoms with Crippen molar-refractivity contribution in [3.05, 3.63) is 60.7 Å². The third kappa shape index (κ3) is 5.69. The maximum Gasteiger partial charge on any atom is 0.419 e. The van der Waals surface area contributed by atoms with Crippen molar-refractivity contribution in [2.75, 3.05) is 4.90 Å². The van der Waals surface area contributed by atoms with Crippen LogP contribution in [0.1, 0.15) is 99.3 Å². The number of carbonyl (C=O) groups excluding carboxylic acids is 1. The van der Waals surface area contributed by atoms with Gasteiger partial charge in [0.15, 0.2) is 23.8 Å². The first-order chi connectivity index (χ1) is 26.9. The van der Waals surface area contributed by atoms with Crippen LogP contribution in [0.5, 0.6) is 0 Å². The molecule has 11 nitrogen and oxygen atoms in total. The third-order valence-electron chi connectivity index (χ3n) is 15.8. The normalized spacial score (nSPS) is 48.1. The molecule has 2 saturated carbocycles. The van der Waals surface area contributed by atoms with E-state index >= 15 is 0 Å². The Morgan fingerprint density at radius 1 is 0.661 bits per heavy atom. The molecule has 2 aromatic rings. The van der Waals surface area contributed by atoms with Gasteiger partial charge in [-0.25, -0.2) is 29.2 Å². The Kier molecular flexibility index (Phi) is 9.23. The Morgan fingerprint density at radius 2 is 1.16 bits per heavy atom. The molecular formula is C45H59NO10. The highest BCUT2D eigenvalue weighted by atomic mass is 17.3. The number of benzene rings is 2. The van der Waals surface area contributed by atoms with E-state index in [9.17, 15) is 4.79 Å². The largest absolute Gasteiger partial charge is 0.443 e. The minimum atomic E-state index is -0.926. The fourth-order valence-corrected chi connectivity index (χ4v) is 12.8. The first-order valence-electron chi connectivity index (χ1n) is 21.5. The lowest BCUT2D eigenvalue weighted by atomic mass is 9.56. The van der Waals surface area contributed by atoms with Crippen LogP contribution in [0.15, 0.2) is 60.7 Å². The first-order valence-corrected chi connectivity index (χ1v) is 21.5. The summed E-state index contributed by atoms with van der Waals surface area (Å²) in [4.78, 5) is 41.8. The zero-order valence-electron chi connectivity index (χ0n) is 33.7. The third-order valence-corrected chi connectivity index (χ3v) is 15.8. The number of hydrogen-bond acceptors (Lipinski definition) is 10. The standard InChI is InChI=1S/C45H59NO10/c1-26-17-19-34-28(3)36(48-39-44(34)32(26)21-23-42(5,51-39)53-55-44)25-37(49-41(47)46(30-13-9-7-10-14-30)31-15-11-8-12-16-31)38-29(4)35-20-18-27(2)33-22-24-43(6)52-40(50-38)45(33,35)56-54-43/h7-16,26-29,32-40H,17-25H2,1-6H3/t26-,27-,28-,29-,32+,33+,34+,35+,36-,37+,38?,39-,40-,42?,43?,44-,45-/m1/s1. The molecule has 1 amide bonds. The number of ether oxygens (including phenoxy) is 5. The van der Waals surface area contributed by atoms with E-state index in [2.05, 4.69) is 27.7 Å². The Morgan fingerprint density at radius 3 is 1.70 bits per heavy atom. The van der Waals surface area contributed by atoms with Crippen LogP contribution >= 0.6 is 0 Å². The van der Waals surface area contributed by atoms with E-state index in [1.165, 1.54) is 0 Å². The van der Waals surface area contributed by atoms with Gasteiger partial charge in [0.05, 0.1) is 17.5 Å². The van der Waals surface area contributed by atoms with Gasteiger partial charge in [0, 0.05) is 31.1 Å². The number of nitrogens with zero attached hydrogens (tertiary/aromatic N) is 1. The molecule has 17 atom stereocenters. The topological polar surface area (TPSA) is 103 Å². The maximum absolute atomic E-state index is 14.9. The number of rotatable bonds is 6. The summed E-state index contributed by atoms with van der Waals surface area (Å²) in [5.41, 5.74) is -0.00748. The summed E-state index contributed by atoms with van der Waals surface area (Å²) in [7, 11) is 0. The zero-order valence-corrected chi connectivity index (χ0v) is 33.7. The predicted octanol–water partition coefficient (Wildman–Crippen LogP) is 9.22. The molecule has 0 radical (unpaired) electrons. The number of para-hydroxylation sites is 2. The van der Waals surface area contributed by atoms with Crippen molar-refractivity contribution in [1.29, 1.82) is 0 Å². The Balaban J connectivity index is 1.02. The molecule has 3 unspecified atom stereocenters. The van der Waals surface area contributed by atoms with Gasteiger partial charge in [-0.3, -0.25) is 0 Å². The summed E-state index contributed by atoms with van der Waals surface area (Å²) in [6, 6.07) is 19.3. The van der Waals surface area contributed by atoms with E-state index in [1.54, 1.807) is 4.90 Å². The summed E-state index contributed by atoms with van der Waals surface area (Å²) >= 11 is 0. The molecule has 8 saturated heterocycles. The van der Waals surface area contributed by atoms with Crippen LogP contribution in [0, 0.1) is 47.3 Å². The van der Waals surface area contributed by atoms with Gasteiger partial charge in [0.25, 0.3) is 0 Å².